The molecule has 0 aromatic heterocycles. The van der Waals surface area contributed by atoms with Gasteiger partial charge in [0.25, 0.3) is 0 Å². The van der Waals surface area contributed by atoms with Crippen LogP contribution in [0.5, 0.6) is 17.2 Å². The first kappa shape index (κ1) is 22.1. The second-order valence-electron chi connectivity index (χ2n) is 6.84. The highest BCUT2D eigenvalue weighted by molar-refractivity contribution is 14.1. The first-order valence-electron chi connectivity index (χ1n) is 8.44. The van der Waals surface area contributed by atoms with Gasteiger partial charge in [-0.3, -0.25) is 0 Å². The molecule has 0 fully saturated rings. The Labute approximate surface area is 187 Å². The molecule has 0 aliphatic heterocycles. The van der Waals surface area contributed by atoms with Gasteiger partial charge in [0.2, 0.25) is 0 Å². The van der Waals surface area contributed by atoms with Gasteiger partial charge < -0.3 is 19.5 Å². The van der Waals surface area contributed by atoms with Crippen molar-refractivity contribution in [1.82, 2.24) is 5.32 Å². The Morgan fingerprint density at radius 2 is 1.59 bits per heavy atom. The number of alkyl carbamates (subject to hydrolysis) is 1. The largest absolute Gasteiger partial charge is 0.497 e. The molecule has 0 radical (unpaired) electrons. The van der Waals surface area contributed by atoms with Crippen LogP contribution in [-0.2, 0) is 11.2 Å². The van der Waals surface area contributed by atoms with E-state index in [9.17, 15) is 4.79 Å². The van der Waals surface area contributed by atoms with Gasteiger partial charge in [-0.15, -0.1) is 0 Å². The summed E-state index contributed by atoms with van der Waals surface area (Å²) in [5.74, 6) is 2.37. The summed E-state index contributed by atoms with van der Waals surface area (Å²) in [5, 5.41) is 2.78. The van der Waals surface area contributed by atoms with E-state index in [2.05, 4.69) is 62.6 Å². The van der Waals surface area contributed by atoms with Crippen molar-refractivity contribution >= 4 is 51.3 Å². The van der Waals surface area contributed by atoms with Crippen LogP contribution in [0.3, 0.4) is 0 Å². The Kier molecular flexibility index (Phi) is 8.02. The van der Waals surface area contributed by atoms with E-state index in [-0.39, 0.29) is 0 Å². The first-order chi connectivity index (χ1) is 12.7. The third kappa shape index (κ3) is 7.36. The summed E-state index contributed by atoms with van der Waals surface area (Å²) in [7, 11) is 1.64. The van der Waals surface area contributed by atoms with Crippen molar-refractivity contribution in [1.29, 1.82) is 0 Å². The summed E-state index contributed by atoms with van der Waals surface area (Å²) in [5.41, 5.74) is 0.636. The number of amides is 1. The fourth-order valence-electron chi connectivity index (χ4n) is 2.24. The molecule has 2 aromatic rings. The zero-order chi connectivity index (χ0) is 20.0. The Bertz CT molecular complexity index is 763. The Hall–Kier alpha value is -1.23. The molecule has 5 nitrogen and oxygen atoms in total. The van der Waals surface area contributed by atoms with E-state index in [4.69, 9.17) is 14.2 Å². The van der Waals surface area contributed by atoms with Crippen LogP contribution in [0.15, 0.2) is 36.4 Å². The molecule has 7 heteroatoms. The normalized spacial score (nSPS) is 11.0. The van der Waals surface area contributed by atoms with E-state index < -0.39 is 11.7 Å². The number of benzene rings is 2. The number of carbonyl (C=O) groups excluding carboxylic acids is 1. The molecular formula is C20H23I2NO4. The van der Waals surface area contributed by atoms with Gasteiger partial charge in [-0.1, -0.05) is 0 Å². The number of rotatable bonds is 6. The molecule has 27 heavy (non-hydrogen) atoms. The third-order valence-corrected chi connectivity index (χ3v) is 5.02. The quantitative estimate of drug-likeness (QED) is 0.432. The molecule has 0 bridgehead atoms. The molecular weight excluding hydrogens is 572 g/mol. The maximum absolute atomic E-state index is 11.7. The smallest absolute Gasteiger partial charge is 0.407 e. The van der Waals surface area contributed by atoms with Gasteiger partial charge in [-0.25, -0.2) is 4.79 Å². The molecule has 2 rings (SSSR count). The number of hydrogen-bond donors (Lipinski definition) is 1. The maximum atomic E-state index is 11.7. The van der Waals surface area contributed by atoms with Gasteiger partial charge in [-0.2, -0.15) is 0 Å². The van der Waals surface area contributed by atoms with Crippen LogP contribution < -0.4 is 14.8 Å². The molecule has 0 aliphatic rings. The monoisotopic (exact) mass is 595 g/mol. The number of hydrogen-bond acceptors (Lipinski definition) is 4. The molecule has 2 aromatic carbocycles. The van der Waals surface area contributed by atoms with Crippen LogP contribution in [0.25, 0.3) is 0 Å². The van der Waals surface area contributed by atoms with Crippen molar-refractivity contribution in [3.63, 3.8) is 0 Å². The van der Waals surface area contributed by atoms with Crippen molar-refractivity contribution in [3.05, 3.63) is 49.1 Å². The van der Waals surface area contributed by atoms with Gasteiger partial charge in [0.1, 0.15) is 17.1 Å². The minimum absolute atomic E-state index is 0.397. The summed E-state index contributed by atoms with van der Waals surface area (Å²) in [6, 6.07) is 11.6. The van der Waals surface area contributed by atoms with Crippen LogP contribution in [0.1, 0.15) is 26.3 Å². The van der Waals surface area contributed by atoms with Crippen molar-refractivity contribution in [2.24, 2.45) is 0 Å². The number of nitrogens with one attached hydrogen (secondary N) is 1. The molecule has 1 amide bonds. The molecule has 0 aliphatic carbocycles. The van der Waals surface area contributed by atoms with Crippen LogP contribution in [0.2, 0.25) is 0 Å². The molecule has 146 valence electrons. The van der Waals surface area contributed by atoms with E-state index in [1.54, 1.807) is 7.11 Å². The minimum atomic E-state index is -0.491. The maximum Gasteiger partial charge on any atom is 0.407 e. The van der Waals surface area contributed by atoms with Crippen LogP contribution in [0.4, 0.5) is 4.79 Å². The van der Waals surface area contributed by atoms with Gasteiger partial charge in [-0.05, 0) is 114 Å². The third-order valence-electron chi connectivity index (χ3n) is 3.42. The van der Waals surface area contributed by atoms with Gasteiger partial charge in [0.05, 0.1) is 14.3 Å². The van der Waals surface area contributed by atoms with Gasteiger partial charge in [0, 0.05) is 6.54 Å². The molecule has 1 N–H and O–H groups in total. The average Bonchev–Trinajstić information content (AvgIpc) is 2.57. The summed E-state index contributed by atoms with van der Waals surface area (Å²) in [6.07, 6.45) is 0.319. The summed E-state index contributed by atoms with van der Waals surface area (Å²) >= 11 is 4.54. The fraction of sp³-hybridized carbons (Fsp3) is 0.350. The highest BCUT2D eigenvalue weighted by Crippen LogP contribution is 2.33. The second-order valence-corrected chi connectivity index (χ2v) is 9.17. The molecule has 0 saturated carbocycles. The Morgan fingerprint density at radius 1 is 1.04 bits per heavy atom. The summed E-state index contributed by atoms with van der Waals surface area (Å²) in [4.78, 5) is 11.7. The lowest BCUT2D eigenvalue weighted by Crippen LogP contribution is -2.33. The van der Waals surface area contributed by atoms with Crippen LogP contribution in [-0.4, -0.2) is 25.3 Å². The standard InChI is InChI=1S/C20H23I2NO4/c1-20(2,3)27-19(24)23-10-9-13-11-16(21)18(17(22)12-13)26-15-7-5-14(25-4)6-8-15/h5-8,11-12H,9-10H2,1-4H3,(H,23,24). The van der Waals surface area contributed by atoms with Crippen LogP contribution >= 0.6 is 45.2 Å². The lowest BCUT2D eigenvalue weighted by molar-refractivity contribution is 0.0528. The summed E-state index contributed by atoms with van der Waals surface area (Å²) < 4.78 is 18.5. The molecule has 0 atom stereocenters. The average molecular weight is 595 g/mol. The Balaban J connectivity index is 1.98. The highest BCUT2D eigenvalue weighted by Gasteiger charge is 2.16. The number of carbonyl (C=O) groups is 1. The van der Waals surface area contributed by atoms with E-state index in [1.165, 1.54) is 0 Å². The van der Waals surface area contributed by atoms with Crippen molar-refractivity contribution in [2.75, 3.05) is 13.7 Å². The lowest BCUT2D eigenvalue weighted by atomic mass is 10.1. The van der Waals surface area contributed by atoms with E-state index >= 15 is 0 Å². The molecule has 0 saturated heterocycles. The minimum Gasteiger partial charge on any atom is -0.497 e. The number of methoxy groups -OCH3 is 1. The van der Waals surface area contributed by atoms with Crippen molar-refractivity contribution in [2.45, 2.75) is 32.8 Å². The number of ether oxygens (including phenoxy) is 3. The topological polar surface area (TPSA) is 56.8 Å². The lowest BCUT2D eigenvalue weighted by Gasteiger charge is -2.19. The van der Waals surface area contributed by atoms with Gasteiger partial charge >= 0.3 is 6.09 Å². The molecule has 0 heterocycles. The van der Waals surface area contributed by atoms with Gasteiger partial charge in [0.15, 0.2) is 5.75 Å². The highest BCUT2D eigenvalue weighted by atomic mass is 127. The zero-order valence-corrected chi connectivity index (χ0v) is 20.1. The van der Waals surface area contributed by atoms with Crippen molar-refractivity contribution < 1.29 is 19.0 Å². The Morgan fingerprint density at radius 3 is 2.11 bits per heavy atom. The van der Waals surface area contributed by atoms with E-state index in [0.29, 0.717) is 13.0 Å². The molecule has 0 spiro atoms. The van der Waals surface area contributed by atoms with Crippen molar-refractivity contribution in [3.8, 4) is 17.2 Å². The SMILES string of the molecule is COc1ccc(Oc2c(I)cc(CCNC(=O)OC(C)(C)C)cc2I)cc1. The summed E-state index contributed by atoms with van der Waals surface area (Å²) in [6.45, 7) is 6.05. The number of halogens is 2. The van der Waals surface area contributed by atoms with E-state index in [0.717, 1.165) is 30.0 Å². The zero-order valence-electron chi connectivity index (χ0n) is 15.8. The molecule has 0 unspecified atom stereocenters. The second kappa shape index (κ2) is 9.81. The first-order valence-corrected chi connectivity index (χ1v) is 10.6. The van der Waals surface area contributed by atoms with Crippen LogP contribution in [0, 0.1) is 7.14 Å². The fourth-order valence-corrected chi connectivity index (χ4v) is 4.36. The van der Waals surface area contributed by atoms with E-state index in [1.807, 2.05) is 45.0 Å². The predicted molar refractivity (Wildman–Crippen MR) is 123 cm³/mol. The predicted octanol–water partition coefficient (Wildman–Crippen LogP) is 5.76.